The van der Waals surface area contributed by atoms with Crippen LogP contribution in [0.4, 0.5) is 0 Å². The van der Waals surface area contributed by atoms with Crippen molar-refractivity contribution in [2.24, 2.45) is 0 Å². The summed E-state index contributed by atoms with van der Waals surface area (Å²) < 4.78 is 0. The van der Waals surface area contributed by atoms with Gasteiger partial charge in [-0.3, -0.25) is 4.79 Å². The van der Waals surface area contributed by atoms with Crippen molar-refractivity contribution in [2.45, 2.75) is 6.42 Å². The Morgan fingerprint density at radius 3 is 2.30 bits per heavy atom. The Morgan fingerprint density at radius 2 is 1.60 bits per heavy atom. The second-order valence-corrected chi connectivity index (χ2v) is 4.30. The van der Waals surface area contributed by atoms with Crippen molar-refractivity contribution in [2.75, 3.05) is 0 Å². The van der Waals surface area contributed by atoms with Gasteiger partial charge in [-0.2, -0.15) is 0 Å². The molecule has 5 nitrogen and oxygen atoms in total. The average molecular weight is 264 g/mol. The molecule has 0 spiro atoms. The summed E-state index contributed by atoms with van der Waals surface area (Å²) in [6.07, 6.45) is 0.150. The molecule has 0 aliphatic rings. The fourth-order valence-electron chi connectivity index (χ4n) is 1.85. The van der Waals surface area contributed by atoms with Gasteiger partial charge in [-0.15, -0.1) is 15.0 Å². The van der Waals surface area contributed by atoms with Crippen LogP contribution in [0.15, 0.2) is 60.7 Å². The number of hydrogen-bond acceptors (Lipinski definition) is 4. The maximum atomic E-state index is 12.0. The molecule has 0 aliphatic heterocycles. The highest BCUT2D eigenvalue weighted by molar-refractivity contribution is 5.97. The highest BCUT2D eigenvalue weighted by Gasteiger charge is 2.11. The van der Waals surface area contributed by atoms with Gasteiger partial charge in [0.05, 0.1) is 12.1 Å². The highest BCUT2D eigenvalue weighted by atomic mass is 16.1. The van der Waals surface area contributed by atoms with Crippen LogP contribution in [0.1, 0.15) is 16.2 Å². The van der Waals surface area contributed by atoms with Gasteiger partial charge in [0.1, 0.15) is 0 Å². The third kappa shape index (κ3) is 2.61. The Hall–Kier alpha value is -2.82. The molecule has 3 rings (SSSR count). The normalized spacial score (nSPS) is 10.4. The molecule has 0 amide bonds. The van der Waals surface area contributed by atoms with Crippen molar-refractivity contribution >= 4 is 5.78 Å². The van der Waals surface area contributed by atoms with Gasteiger partial charge < -0.3 is 0 Å². The standard InChI is InChI=1S/C15H12N4O/c20-14(12-7-3-1-4-8-12)11-15-16-18-19(17-15)13-9-5-2-6-10-13/h1-10H,11H2. The number of para-hydroxylation sites is 1. The van der Waals surface area contributed by atoms with E-state index in [1.54, 1.807) is 12.1 Å². The number of nitrogens with zero attached hydrogens (tertiary/aromatic N) is 4. The second kappa shape index (κ2) is 5.44. The van der Waals surface area contributed by atoms with Gasteiger partial charge in [0, 0.05) is 5.56 Å². The Bertz CT molecular complexity index is 707. The lowest BCUT2D eigenvalue weighted by atomic mass is 10.1. The van der Waals surface area contributed by atoms with Crippen LogP contribution >= 0.6 is 0 Å². The highest BCUT2D eigenvalue weighted by Crippen LogP contribution is 2.06. The van der Waals surface area contributed by atoms with E-state index in [9.17, 15) is 4.79 Å². The van der Waals surface area contributed by atoms with Gasteiger partial charge in [-0.05, 0) is 17.3 Å². The third-order valence-corrected chi connectivity index (χ3v) is 2.86. The van der Waals surface area contributed by atoms with E-state index in [0.717, 1.165) is 5.69 Å². The molecule has 0 unspecified atom stereocenters. The molecule has 3 aromatic rings. The number of aromatic nitrogens is 4. The number of benzene rings is 2. The Labute approximate surface area is 115 Å². The van der Waals surface area contributed by atoms with Crippen LogP contribution in [0.5, 0.6) is 0 Å². The zero-order chi connectivity index (χ0) is 13.8. The van der Waals surface area contributed by atoms with Crippen LogP contribution in [0.2, 0.25) is 0 Å². The number of Topliss-reactive ketones (excluding diaryl/α,β-unsaturated/α-hetero) is 1. The van der Waals surface area contributed by atoms with E-state index in [0.29, 0.717) is 11.4 Å². The molecule has 0 fully saturated rings. The lowest BCUT2D eigenvalue weighted by Crippen LogP contribution is -2.05. The zero-order valence-corrected chi connectivity index (χ0v) is 10.7. The van der Waals surface area contributed by atoms with E-state index in [1.165, 1.54) is 4.80 Å². The summed E-state index contributed by atoms with van der Waals surface area (Å²) >= 11 is 0. The molecule has 1 aromatic heterocycles. The van der Waals surface area contributed by atoms with E-state index in [2.05, 4.69) is 15.4 Å². The van der Waals surface area contributed by atoms with Crippen molar-refractivity contribution in [3.8, 4) is 5.69 Å². The fourth-order valence-corrected chi connectivity index (χ4v) is 1.85. The molecule has 2 aromatic carbocycles. The first-order valence-corrected chi connectivity index (χ1v) is 6.25. The number of ketones is 1. The van der Waals surface area contributed by atoms with Crippen LogP contribution in [-0.2, 0) is 6.42 Å². The summed E-state index contributed by atoms with van der Waals surface area (Å²) in [6, 6.07) is 18.6. The van der Waals surface area contributed by atoms with Gasteiger partial charge in [0.2, 0.25) is 0 Å². The van der Waals surface area contributed by atoms with Crippen LogP contribution in [0.3, 0.4) is 0 Å². The van der Waals surface area contributed by atoms with Crippen LogP contribution < -0.4 is 0 Å². The molecule has 0 saturated heterocycles. The molecule has 98 valence electrons. The first-order valence-electron chi connectivity index (χ1n) is 6.25. The third-order valence-electron chi connectivity index (χ3n) is 2.86. The fraction of sp³-hybridized carbons (Fsp3) is 0.0667. The van der Waals surface area contributed by atoms with Crippen molar-refractivity contribution in [3.63, 3.8) is 0 Å². The quantitative estimate of drug-likeness (QED) is 0.677. The SMILES string of the molecule is O=C(Cc1nnn(-c2ccccc2)n1)c1ccccc1. The van der Waals surface area contributed by atoms with Crippen molar-refractivity contribution in [1.82, 2.24) is 20.2 Å². The minimum Gasteiger partial charge on any atom is -0.294 e. The maximum Gasteiger partial charge on any atom is 0.182 e. The van der Waals surface area contributed by atoms with E-state index in [-0.39, 0.29) is 12.2 Å². The van der Waals surface area contributed by atoms with Gasteiger partial charge in [0.15, 0.2) is 11.6 Å². The van der Waals surface area contributed by atoms with Crippen molar-refractivity contribution < 1.29 is 4.79 Å². The minimum absolute atomic E-state index is 0.0155. The summed E-state index contributed by atoms with van der Waals surface area (Å²) in [5.41, 5.74) is 1.47. The molecule has 0 radical (unpaired) electrons. The molecular weight excluding hydrogens is 252 g/mol. The van der Waals surface area contributed by atoms with E-state index in [1.807, 2.05) is 48.5 Å². The van der Waals surface area contributed by atoms with E-state index >= 15 is 0 Å². The summed E-state index contributed by atoms with van der Waals surface area (Å²) in [7, 11) is 0. The Kier molecular flexibility index (Phi) is 3.33. The van der Waals surface area contributed by atoms with Crippen LogP contribution in [0.25, 0.3) is 5.69 Å². The molecule has 0 N–H and O–H groups in total. The number of rotatable bonds is 4. The predicted molar refractivity (Wildman–Crippen MR) is 73.6 cm³/mol. The largest absolute Gasteiger partial charge is 0.294 e. The summed E-state index contributed by atoms with van der Waals surface area (Å²) in [6.45, 7) is 0. The Morgan fingerprint density at radius 1 is 0.950 bits per heavy atom. The molecule has 0 bridgehead atoms. The number of carbonyl (C=O) groups is 1. The topological polar surface area (TPSA) is 60.7 Å². The number of hydrogen-bond donors (Lipinski definition) is 0. The lowest BCUT2D eigenvalue weighted by Gasteiger charge is -1.97. The van der Waals surface area contributed by atoms with Gasteiger partial charge >= 0.3 is 0 Å². The molecule has 0 atom stereocenters. The van der Waals surface area contributed by atoms with E-state index < -0.39 is 0 Å². The first-order chi connectivity index (χ1) is 9.83. The Balaban J connectivity index is 1.77. The van der Waals surface area contributed by atoms with Gasteiger partial charge in [0.25, 0.3) is 0 Å². The van der Waals surface area contributed by atoms with Crippen molar-refractivity contribution in [3.05, 3.63) is 72.1 Å². The van der Waals surface area contributed by atoms with Gasteiger partial charge in [-0.25, -0.2) is 0 Å². The second-order valence-electron chi connectivity index (χ2n) is 4.30. The smallest absolute Gasteiger partial charge is 0.182 e. The summed E-state index contributed by atoms with van der Waals surface area (Å²) in [5.74, 6) is 0.404. The lowest BCUT2D eigenvalue weighted by molar-refractivity contribution is 0.0990. The van der Waals surface area contributed by atoms with Gasteiger partial charge in [-0.1, -0.05) is 48.5 Å². The minimum atomic E-state index is -0.0155. The summed E-state index contributed by atoms with van der Waals surface area (Å²) in [5, 5.41) is 12.1. The molecule has 0 aliphatic carbocycles. The first kappa shape index (κ1) is 12.2. The monoisotopic (exact) mass is 264 g/mol. The number of tetrazole rings is 1. The molecular formula is C15H12N4O. The maximum absolute atomic E-state index is 12.0. The van der Waals surface area contributed by atoms with E-state index in [4.69, 9.17) is 0 Å². The predicted octanol–water partition coefficient (Wildman–Crippen LogP) is 2.09. The zero-order valence-electron chi connectivity index (χ0n) is 10.7. The van der Waals surface area contributed by atoms with Crippen molar-refractivity contribution in [1.29, 1.82) is 0 Å². The average Bonchev–Trinajstić information content (AvgIpc) is 2.97. The molecule has 1 heterocycles. The molecule has 20 heavy (non-hydrogen) atoms. The molecule has 5 heteroatoms. The van der Waals surface area contributed by atoms with Crippen LogP contribution in [-0.4, -0.2) is 26.0 Å². The molecule has 0 saturated carbocycles. The summed E-state index contributed by atoms with van der Waals surface area (Å²) in [4.78, 5) is 13.5. The number of carbonyl (C=O) groups excluding carboxylic acids is 1. The van der Waals surface area contributed by atoms with Crippen LogP contribution in [0, 0.1) is 0 Å².